The first kappa shape index (κ1) is 20.6. The third-order valence-corrected chi connectivity index (χ3v) is 5.86. The number of hydrogen-bond donors (Lipinski definition) is 2. The highest BCUT2D eigenvalue weighted by Crippen LogP contribution is 2.36. The summed E-state index contributed by atoms with van der Waals surface area (Å²) in [6.07, 6.45) is -1.83. The van der Waals surface area contributed by atoms with Crippen LogP contribution >= 0.6 is 0 Å². The maximum atomic E-state index is 13.7. The van der Waals surface area contributed by atoms with Gasteiger partial charge in [0.15, 0.2) is 0 Å². The highest BCUT2D eigenvalue weighted by atomic mass is 19.4. The number of rotatable bonds is 3. The Morgan fingerprint density at radius 3 is 2.57 bits per heavy atom. The monoisotopic (exact) mass is 426 g/mol. The van der Waals surface area contributed by atoms with Crippen molar-refractivity contribution in [2.75, 3.05) is 26.2 Å². The van der Waals surface area contributed by atoms with E-state index in [4.69, 9.17) is 0 Å². The van der Waals surface area contributed by atoms with E-state index in [1.54, 1.807) is 6.20 Å². The second kappa shape index (κ2) is 7.90. The molecule has 2 N–H and O–H groups in total. The first-order valence-corrected chi connectivity index (χ1v) is 9.88. The average Bonchev–Trinajstić information content (AvgIpc) is 3.35. The van der Waals surface area contributed by atoms with Gasteiger partial charge in [0.1, 0.15) is 11.6 Å². The van der Waals surface area contributed by atoms with Gasteiger partial charge in [-0.05, 0) is 50.6 Å². The number of hydrogen-bond acceptors (Lipinski definition) is 3. The van der Waals surface area contributed by atoms with Gasteiger partial charge < -0.3 is 19.9 Å². The molecule has 0 saturated carbocycles. The molecule has 30 heavy (non-hydrogen) atoms. The van der Waals surface area contributed by atoms with Gasteiger partial charge in [0, 0.05) is 30.8 Å². The number of benzene rings is 1. The number of aromatic nitrogens is 2. The van der Waals surface area contributed by atoms with E-state index < -0.39 is 23.7 Å². The standard InChI is InChI=1S/C20H22F4N4O2/c21-16-2-1-13(9-15(16)20(22,23)24)17-11-28(14-5-8-27(10-14)19(29)30)18(26-17)12-3-6-25-7-4-12/h1-2,9,11-12,14,25H,3-8,10H2,(H,29,30). The Morgan fingerprint density at radius 2 is 1.93 bits per heavy atom. The molecular formula is C20H22F4N4O2. The zero-order chi connectivity index (χ0) is 21.5. The summed E-state index contributed by atoms with van der Waals surface area (Å²) < 4.78 is 55.1. The third kappa shape index (κ3) is 4.00. The Balaban J connectivity index is 1.73. The van der Waals surface area contributed by atoms with E-state index in [1.807, 2.05) is 4.57 Å². The fourth-order valence-electron chi connectivity index (χ4n) is 4.27. The molecule has 10 heteroatoms. The molecule has 2 aromatic rings. The minimum Gasteiger partial charge on any atom is -0.465 e. The Morgan fingerprint density at radius 1 is 1.20 bits per heavy atom. The Labute approximate surface area is 170 Å². The summed E-state index contributed by atoms with van der Waals surface area (Å²) in [7, 11) is 0. The number of amides is 1. The van der Waals surface area contributed by atoms with Crippen molar-refractivity contribution in [3.63, 3.8) is 0 Å². The molecule has 0 aliphatic carbocycles. The maximum absolute atomic E-state index is 13.7. The number of piperidine rings is 1. The number of imidazole rings is 1. The molecule has 0 bridgehead atoms. The van der Waals surface area contributed by atoms with Crippen LogP contribution in [0.5, 0.6) is 0 Å². The van der Waals surface area contributed by atoms with E-state index in [1.165, 1.54) is 11.0 Å². The van der Waals surface area contributed by atoms with Crippen molar-refractivity contribution in [1.29, 1.82) is 0 Å². The summed E-state index contributed by atoms with van der Waals surface area (Å²) in [6, 6.07) is 2.76. The van der Waals surface area contributed by atoms with Crippen molar-refractivity contribution in [1.82, 2.24) is 19.8 Å². The minimum absolute atomic E-state index is 0.126. The number of carboxylic acid groups (broad SMARTS) is 1. The van der Waals surface area contributed by atoms with E-state index in [-0.39, 0.29) is 17.5 Å². The van der Waals surface area contributed by atoms with Gasteiger partial charge in [0.25, 0.3) is 0 Å². The second-order valence-electron chi connectivity index (χ2n) is 7.78. The van der Waals surface area contributed by atoms with Crippen LogP contribution in [-0.4, -0.2) is 51.8 Å². The quantitative estimate of drug-likeness (QED) is 0.725. The van der Waals surface area contributed by atoms with E-state index >= 15 is 0 Å². The number of alkyl halides is 3. The van der Waals surface area contributed by atoms with Gasteiger partial charge in [0.05, 0.1) is 17.3 Å². The first-order chi connectivity index (χ1) is 14.2. The lowest BCUT2D eigenvalue weighted by molar-refractivity contribution is -0.139. The molecular weight excluding hydrogens is 404 g/mol. The van der Waals surface area contributed by atoms with Gasteiger partial charge in [-0.1, -0.05) is 0 Å². The van der Waals surface area contributed by atoms with Gasteiger partial charge in [-0.15, -0.1) is 0 Å². The number of carbonyl (C=O) groups is 1. The van der Waals surface area contributed by atoms with Crippen LogP contribution in [0.15, 0.2) is 24.4 Å². The fraction of sp³-hybridized carbons (Fsp3) is 0.500. The van der Waals surface area contributed by atoms with Crippen molar-refractivity contribution < 1.29 is 27.5 Å². The number of likely N-dealkylation sites (tertiary alicyclic amines) is 1. The van der Waals surface area contributed by atoms with Crippen molar-refractivity contribution in [3.05, 3.63) is 41.6 Å². The first-order valence-electron chi connectivity index (χ1n) is 9.88. The lowest BCUT2D eigenvalue weighted by Crippen LogP contribution is -2.30. The van der Waals surface area contributed by atoms with E-state index in [0.29, 0.717) is 25.2 Å². The van der Waals surface area contributed by atoms with Crippen LogP contribution in [0.4, 0.5) is 22.4 Å². The molecule has 0 spiro atoms. The van der Waals surface area contributed by atoms with Gasteiger partial charge in [-0.3, -0.25) is 0 Å². The Bertz CT molecular complexity index is 937. The van der Waals surface area contributed by atoms with E-state index in [2.05, 4.69) is 10.3 Å². The molecule has 6 nitrogen and oxygen atoms in total. The van der Waals surface area contributed by atoms with E-state index in [0.717, 1.165) is 43.9 Å². The number of nitrogens with one attached hydrogen (secondary N) is 1. The molecule has 1 aromatic heterocycles. The van der Waals surface area contributed by atoms with Crippen LogP contribution in [-0.2, 0) is 6.18 Å². The summed E-state index contributed by atoms with van der Waals surface area (Å²) in [5, 5.41) is 12.5. The molecule has 1 amide bonds. The lowest BCUT2D eigenvalue weighted by atomic mass is 9.97. The van der Waals surface area contributed by atoms with Crippen LogP contribution in [0.1, 0.15) is 42.6 Å². The van der Waals surface area contributed by atoms with Crippen molar-refractivity contribution in [3.8, 4) is 11.3 Å². The third-order valence-electron chi connectivity index (χ3n) is 5.86. The predicted molar refractivity (Wildman–Crippen MR) is 101 cm³/mol. The molecule has 4 rings (SSSR count). The van der Waals surface area contributed by atoms with Crippen LogP contribution in [0.25, 0.3) is 11.3 Å². The number of nitrogens with zero attached hydrogens (tertiary/aromatic N) is 3. The number of halogens is 4. The molecule has 2 fully saturated rings. The molecule has 1 atom stereocenters. The SMILES string of the molecule is O=C(O)N1CCC(n2cc(-c3ccc(F)c(C(F)(F)F)c3)nc2C2CCNCC2)C1. The molecule has 1 unspecified atom stereocenters. The highest BCUT2D eigenvalue weighted by Gasteiger charge is 2.35. The van der Waals surface area contributed by atoms with Crippen LogP contribution in [0.2, 0.25) is 0 Å². The zero-order valence-electron chi connectivity index (χ0n) is 16.1. The predicted octanol–water partition coefficient (Wildman–Crippen LogP) is 4.10. The molecule has 1 aromatic carbocycles. The fourth-order valence-corrected chi connectivity index (χ4v) is 4.27. The van der Waals surface area contributed by atoms with Gasteiger partial charge in [0.2, 0.25) is 0 Å². The van der Waals surface area contributed by atoms with Crippen LogP contribution in [0, 0.1) is 5.82 Å². The van der Waals surface area contributed by atoms with Crippen LogP contribution in [0.3, 0.4) is 0 Å². The van der Waals surface area contributed by atoms with Gasteiger partial charge in [-0.25, -0.2) is 14.2 Å². The average molecular weight is 426 g/mol. The van der Waals surface area contributed by atoms with Gasteiger partial charge >= 0.3 is 12.3 Å². The van der Waals surface area contributed by atoms with Gasteiger partial charge in [-0.2, -0.15) is 13.2 Å². The summed E-state index contributed by atoms with van der Waals surface area (Å²) in [5.74, 6) is -0.444. The summed E-state index contributed by atoms with van der Waals surface area (Å²) in [6.45, 7) is 2.33. The Kier molecular flexibility index (Phi) is 5.44. The Hall–Kier alpha value is -2.62. The molecule has 2 saturated heterocycles. The highest BCUT2D eigenvalue weighted by molar-refractivity contribution is 5.65. The molecule has 2 aliphatic heterocycles. The molecule has 2 aliphatic rings. The molecule has 0 radical (unpaired) electrons. The topological polar surface area (TPSA) is 70.4 Å². The molecule has 3 heterocycles. The summed E-state index contributed by atoms with van der Waals surface area (Å²) in [4.78, 5) is 17.3. The lowest BCUT2D eigenvalue weighted by Gasteiger charge is -2.25. The molecule has 162 valence electrons. The van der Waals surface area contributed by atoms with Crippen LogP contribution < -0.4 is 5.32 Å². The van der Waals surface area contributed by atoms with Crippen molar-refractivity contribution >= 4 is 6.09 Å². The largest absolute Gasteiger partial charge is 0.465 e. The smallest absolute Gasteiger partial charge is 0.419 e. The maximum Gasteiger partial charge on any atom is 0.419 e. The summed E-state index contributed by atoms with van der Waals surface area (Å²) in [5.41, 5.74) is -0.801. The van der Waals surface area contributed by atoms with E-state index in [9.17, 15) is 27.5 Å². The minimum atomic E-state index is -4.80. The second-order valence-corrected chi connectivity index (χ2v) is 7.78. The normalized spacial score (nSPS) is 20.7. The zero-order valence-corrected chi connectivity index (χ0v) is 16.1. The van der Waals surface area contributed by atoms with Crippen molar-refractivity contribution in [2.24, 2.45) is 0 Å². The van der Waals surface area contributed by atoms with Crippen molar-refractivity contribution in [2.45, 2.75) is 37.4 Å². The summed E-state index contributed by atoms with van der Waals surface area (Å²) >= 11 is 0.